The molecule has 0 radical (unpaired) electrons. The molecule has 1 aromatic carbocycles. The molecule has 5 heteroatoms. The van der Waals surface area contributed by atoms with E-state index in [1.165, 1.54) is 24.2 Å². The molecule has 138 valence electrons. The summed E-state index contributed by atoms with van der Waals surface area (Å²) in [6.45, 7) is 8.15. The van der Waals surface area contributed by atoms with Gasteiger partial charge in [-0.2, -0.15) is 0 Å². The quantitative estimate of drug-likeness (QED) is 0.767. The van der Waals surface area contributed by atoms with Crippen molar-refractivity contribution in [3.8, 4) is 5.75 Å². The first-order chi connectivity index (χ1) is 12.0. The van der Waals surface area contributed by atoms with Crippen LogP contribution in [0.25, 0.3) is 0 Å². The Morgan fingerprint density at radius 1 is 1.20 bits per heavy atom. The van der Waals surface area contributed by atoms with Crippen molar-refractivity contribution in [1.82, 2.24) is 5.32 Å². The van der Waals surface area contributed by atoms with Gasteiger partial charge in [-0.05, 0) is 49.9 Å². The number of hydrogen-bond donors (Lipinski definition) is 3. The standard InChI is InChI=1S/C20H31N3O2/c1-15-5-3-4-6-19(15)21-20(25)16(2)22-11-13-23(14-12-22)17-7-9-18(24)10-8-17/h7-10,15-16,19,24H,3-6,11-14H2,1-2H3,(H,21,25)/p+1/t15-,16+,19-/m0/s1. The third-order valence-electron chi connectivity index (χ3n) is 6.07. The summed E-state index contributed by atoms with van der Waals surface area (Å²) in [5.74, 6) is 1.12. The second-order valence-corrected chi connectivity index (χ2v) is 7.76. The highest BCUT2D eigenvalue weighted by Gasteiger charge is 2.31. The Hall–Kier alpha value is -1.75. The minimum Gasteiger partial charge on any atom is -0.508 e. The van der Waals surface area contributed by atoms with Gasteiger partial charge in [0.15, 0.2) is 6.04 Å². The number of aromatic hydroxyl groups is 1. The number of hydrogen-bond acceptors (Lipinski definition) is 3. The van der Waals surface area contributed by atoms with E-state index < -0.39 is 0 Å². The van der Waals surface area contributed by atoms with Crippen LogP contribution >= 0.6 is 0 Å². The summed E-state index contributed by atoms with van der Waals surface area (Å²) >= 11 is 0. The Bertz CT molecular complexity index is 567. The third kappa shape index (κ3) is 4.46. The van der Waals surface area contributed by atoms with Crippen LogP contribution in [0, 0.1) is 5.92 Å². The second kappa shape index (κ2) is 8.09. The van der Waals surface area contributed by atoms with Crippen LogP contribution in [0.15, 0.2) is 24.3 Å². The maximum Gasteiger partial charge on any atom is 0.278 e. The molecule has 3 atom stereocenters. The summed E-state index contributed by atoms with van der Waals surface area (Å²) in [4.78, 5) is 16.4. The summed E-state index contributed by atoms with van der Waals surface area (Å²) in [7, 11) is 0. The molecule has 3 N–H and O–H groups in total. The van der Waals surface area contributed by atoms with Crippen LogP contribution in [0.4, 0.5) is 5.69 Å². The molecule has 5 nitrogen and oxygen atoms in total. The second-order valence-electron chi connectivity index (χ2n) is 7.76. The molecular formula is C20H32N3O2+. The van der Waals surface area contributed by atoms with Crippen molar-refractivity contribution in [1.29, 1.82) is 0 Å². The number of rotatable bonds is 4. The Morgan fingerprint density at radius 3 is 2.48 bits per heavy atom. The lowest BCUT2D eigenvalue weighted by Crippen LogP contribution is -3.19. The Labute approximate surface area is 151 Å². The van der Waals surface area contributed by atoms with E-state index in [4.69, 9.17) is 0 Å². The molecule has 1 saturated carbocycles. The molecule has 2 fully saturated rings. The van der Waals surface area contributed by atoms with E-state index in [0.717, 1.165) is 38.3 Å². The van der Waals surface area contributed by atoms with Crippen molar-refractivity contribution in [2.45, 2.75) is 51.6 Å². The number of nitrogens with one attached hydrogen (secondary N) is 2. The van der Waals surface area contributed by atoms with Gasteiger partial charge in [0, 0.05) is 11.7 Å². The van der Waals surface area contributed by atoms with E-state index in [-0.39, 0.29) is 11.9 Å². The monoisotopic (exact) mass is 346 g/mol. The van der Waals surface area contributed by atoms with Gasteiger partial charge in [0.05, 0.1) is 26.2 Å². The van der Waals surface area contributed by atoms with Crippen LogP contribution in [-0.2, 0) is 4.79 Å². The SMILES string of the molecule is C[C@H](C(=O)N[C@H]1CCCC[C@@H]1C)[NH+]1CCN(c2ccc(O)cc2)CC1. The average molecular weight is 346 g/mol. The fraction of sp³-hybridized carbons (Fsp3) is 0.650. The molecule has 1 heterocycles. The van der Waals surface area contributed by atoms with Crippen molar-refractivity contribution < 1.29 is 14.8 Å². The summed E-state index contributed by atoms with van der Waals surface area (Å²) in [5, 5.41) is 12.7. The third-order valence-corrected chi connectivity index (χ3v) is 6.07. The van der Waals surface area contributed by atoms with Crippen LogP contribution in [0.1, 0.15) is 39.5 Å². The Balaban J connectivity index is 1.49. The molecule has 1 saturated heterocycles. The molecular weight excluding hydrogens is 314 g/mol. The van der Waals surface area contributed by atoms with E-state index in [0.29, 0.717) is 17.7 Å². The number of phenolic OH excluding ortho intramolecular Hbond substituents is 1. The van der Waals surface area contributed by atoms with E-state index in [1.54, 1.807) is 12.1 Å². The van der Waals surface area contributed by atoms with Crippen molar-refractivity contribution >= 4 is 11.6 Å². The minimum absolute atomic E-state index is 0.0103. The molecule has 0 aromatic heterocycles. The number of piperazine rings is 1. The van der Waals surface area contributed by atoms with Gasteiger partial charge in [0.1, 0.15) is 5.75 Å². The number of nitrogens with zero attached hydrogens (tertiary/aromatic N) is 1. The van der Waals surface area contributed by atoms with Crippen LogP contribution in [0.2, 0.25) is 0 Å². The first-order valence-electron chi connectivity index (χ1n) is 9.73. The highest BCUT2D eigenvalue weighted by molar-refractivity contribution is 5.80. The number of anilines is 1. The van der Waals surface area contributed by atoms with Crippen LogP contribution < -0.4 is 15.1 Å². The summed E-state index contributed by atoms with van der Waals surface area (Å²) in [5.41, 5.74) is 1.14. The maximum atomic E-state index is 12.7. The van der Waals surface area contributed by atoms with Gasteiger partial charge in [-0.25, -0.2) is 0 Å². The summed E-state index contributed by atoms with van der Waals surface area (Å²) < 4.78 is 0. The van der Waals surface area contributed by atoms with Gasteiger partial charge in [-0.3, -0.25) is 4.79 Å². The van der Waals surface area contributed by atoms with Gasteiger partial charge in [-0.1, -0.05) is 19.8 Å². The van der Waals surface area contributed by atoms with Gasteiger partial charge < -0.3 is 20.2 Å². The maximum absolute atomic E-state index is 12.7. The number of amides is 1. The number of carbonyl (C=O) groups is 1. The van der Waals surface area contributed by atoms with Gasteiger partial charge in [-0.15, -0.1) is 0 Å². The largest absolute Gasteiger partial charge is 0.508 e. The highest BCUT2D eigenvalue weighted by Crippen LogP contribution is 2.23. The van der Waals surface area contributed by atoms with Gasteiger partial charge in [0.2, 0.25) is 0 Å². The van der Waals surface area contributed by atoms with E-state index >= 15 is 0 Å². The van der Waals surface area contributed by atoms with Gasteiger partial charge >= 0.3 is 0 Å². The lowest BCUT2D eigenvalue weighted by atomic mass is 9.86. The smallest absolute Gasteiger partial charge is 0.278 e. The summed E-state index contributed by atoms with van der Waals surface area (Å²) in [6.07, 6.45) is 4.90. The molecule has 1 aromatic rings. The molecule has 0 spiro atoms. The molecule has 25 heavy (non-hydrogen) atoms. The highest BCUT2D eigenvalue weighted by atomic mass is 16.3. The molecule has 1 amide bonds. The van der Waals surface area contributed by atoms with Gasteiger partial charge in [0.25, 0.3) is 5.91 Å². The van der Waals surface area contributed by atoms with E-state index in [2.05, 4.69) is 24.1 Å². The molecule has 2 aliphatic rings. The number of carbonyl (C=O) groups excluding carboxylic acids is 1. The minimum atomic E-state index is 0.0103. The zero-order chi connectivity index (χ0) is 17.8. The lowest BCUT2D eigenvalue weighted by Gasteiger charge is -2.37. The predicted molar refractivity (Wildman–Crippen MR) is 100 cm³/mol. The Morgan fingerprint density at radius 2 is 1.84 bits per heavy atom. The predicted octanol–water partition coefficient (Wildman–Crippen LogP) is 1.18. The van der Waals surface area contributed by atoms with E-state index in [1.807, 2.05) is 12.1 Å². The molecule has 3 rings (SSSR count). The van der Waals surface area contributed by atoms with Crippen LogP contribution in [-0.4, -0.2) is 49.3 Å². The zero-order valence-electron chi connectivity index (χ0n) is 15.5. The molecule has 1 aliphatic heterocycles. The van der Waals surface area contributed by atoms with E-state index in [9.17, 15) is 9.90 Å². The number of quaternary nitrogens is 1. The first-order valence-corrected chi connectivity index (χ1v) is 9.73. The zero-order valence-corrected chi connectivity index (χ0v) is 15.5. The topological polar surface area (TPSA) is 57.0 Å². The number of benzene rings is 1. The average Bonchev–Trinajstić information content (AvgIpc) is 2.64. The van der Waals surface area contributed by atoms with Crippen LogP contribution in [0.5, 0.6) is 5.75 Å². The van der Waals surface area contributed by atoms with Crippen molar-refractivity contribution in [3.63, 3.8) is 0 Å². The molecule has 0 bridgehead atoms. The summed E-state index contributed by atoms with van der Waals surface area (Å²) in [6, 6.07) is 7.76. The van der Waals surface area contributed by atoms with Crippen molar-refractivity contribution in [2.24, 2.45) is 5.92 Å². The Kier molecular flexibility index (Phi) is 5.84. The van der Waals surface area contributed by atoms with Crippen molar-refractivity contribution in [3.05, 3.63) is 24.3 Å². The van der Waals surface area contributed by atoms with Crippen molar-refractivity contribution in [2.75, 3.05) is 31.1 Å². The van der Waals surface area contributed by atoms with Crippen LogP contribution in [0.3, 0.4) is 0 Å². The first kappa shape index (κ1) is 18.1. The molecule has 0 unspecified atom stereocenters. The normalized spacial score (nSPS) is 26.2. The fourth-order valence-corrected chi connectivity index (χ4v) is 4.17. The fourth-order valence-electron chi connectivity index (χ4n) is 4.17. The number of phenols is 1. The molecule has 1 aliphatic carbocycles. The lowest BCUT2D eigenvalue weighted by molar-refractivity contribution is -0.914.